The zero-order valence-electron chi connectivity index (χ0n) is 59.2. The summed E-state index contributed by atoms with van der Waals surface area (Å²) in [5.41, 5.74) is 7.49. The van der Waals surface area contributed by atoms with E-state index in [-0.39, 0.29) is 34.8 Å². The van der Waals surface area contributed by atoms with Crippen LogP contribution < -0.4 is 22.1 Å². The summed E-state index contributed by atoms with van der Waals surface area (Å²) in [7, 11) is -0.588. The Bertz CT molecular complexity index is 4980. The molecule has 4 fully saturated rings. The van der Waals surface area contributed by atoms with Gasteiger partial charge in [-0.15, -0.1) is 46.9 Å². The molecule has 9 aromatic heterocycles. The van der Waals surface area contributed by atoms with E-state index in [0.717, 1.165) is 174 Å². The number of benzene rings is 3. The van der Waals surface area contributed by atoms with Gasteiger partial charge in [-0.1, -0.05) is 74.9 Å². The van der Waals surface area contributed by atoms with Crippen LogP contribution in [0.5, 0.6) is 0 Å². The van der Waals surface area contributed by atoms with Crippen LogP contribution in [-0.4, -0.2) is 114 Å². The lowest BCUT2D eigenvalue weighted by molar-refractivity contribution is 0.00578. The highest BCUT2D eigenvalue weighted by Crippen LogP contribution is 2.39. The maximum absolute atomic E-state index is 13.6. The molecule has 0 spiro atoms. The number of thioether (sulfide) groups is 3. The third kappa shape index (κ3) is 15.6. The first-order valence-electron chi connectivity index (χ1n) is 35.5. The number of halogens is 1. The van der Waals surface area contributed by atoms with Gasteiger partial charge in [-0.05, 0) is 204 Å². The summed E-state index contributed by atoms with van der Waals surface area (Å²) in [6.07, 6.45) is 33.2. The van der Waals surface area contributed by atoms with Crippen LogP contribution in [0.1, 0.15) is 151 Å². The molecule has 3 saturated carbocycles. The van der Waals surface area contributed by atoms with Crippen LogP contribution in [0.25, 0.3) is 65.0 Å². The van der Waals surface area contributed by atoms with Crippen LogP contribution in [-0.2, 0) is 28.0 Å². The molecule has 17 nitrogen and oxygen atoms in total. The van der Waals surface area contributed by atoms with Gasteiger partial charge in [0, 0.05) is 110 Å². The lowest BCUT2D eigenvalue weighted by Crippen LogP contribution is -2.41. The minimum absolute atomic E-state index is 0.0480. The first-order valence-corrected chi connectivity index (χ1v) is 39.8. The Morgan fingerprint density at radius 3 is 1.12 bits per heavy atom. The van der Waals surface area contributed by atoms with Crippen molar-refractivity contribution in [1.29, 1.82) is 0 Å². The topological polar surface area (TPSA) is 222 Å². The van der Waals surface area contributed by atoms with E-state index in [1.54, 1.807) is 73.8 Å². The molecule has 103 heavy (non-hydrogen) atoms. The van der Waals surface area contributed by atoms with E-state index < -0.39 is 36.6 Å². The monoisotopic (exact) mass is 1460 g/mol. The maximum Gasteiger partial charge on any atom is 0.495 e. The predicted molar refractivity (Wildman–Crippen MR) is 420 cm³/mol. The van der Waals surface area contributed by atoms with Gasteiger partial charge >= 0.3 is 7.12 Å². The van der Waals surface area contributed by atoms with Gasteiger partial charge in [0.1, 0.15) is 0 Å². The van der Waals surface area contributed by atoms with Crippen molar-refractivity contribution in [2.45, 2.75) is 186 Å². The van der Waals surface area contributed by atoms with Crippen LogP contribution in [0.15, 0.2) is 194 Å². The average Bonchev–Trinajstić information content (AvgIpc) is 1.62. The Morgan fingerprint density at radius 1 is 0.437 bits per heavy atom. The molecular formula is C81H87BClN9O8S3. The lowest BCUT2D eigenvalue weighted by Gasteiger charge is -2.32. The first kappa shape index (κ1) is 73.5. The van der Waals surface area contributed by atoms with E-state index in [4.69, 9.17) is 20.9 Å². The van der Waals surface area contributed by atoms with Gasteiger partial charge < -0.3 is 38.3 Å². The van der Waals surface area contributed by atoms with Gasteiger partial charge in [-0.2, -0.15) is 0 Å². The largest absolute Gasteiger partial charge is 0.495 e. The van der Waals surface area contributed by atoms with Crippen molar-refractivity contribution < 1.29 is 24.6 Å². The van der Waals surface area contributed by atoms with Crippen molar-refractivity contribution in [3.63, 3.8) is 0 Å². The summed E-state index contributed by atoms with van der Waals surface area (Å²) in [6, 6.07) is 35.4. The van der Waals surface area contributed by atoms with E-state index in [2.05, 4.69) is 54.2 Å². The van der Waals surface area contributed by atoms with Gasteiger partial charge in [-0.3, -0.25) is 29.3 Å². The minimum atomic E-state index is -0.588. The number of aliphatic hydroxyl groups is 3. The third-order valence-electron chi connectivity index (χ3n) is 21.2. The molecule has 4 aliphatic rings. The number of fused-ring (bicyclic) bond motifs is 9. The summed E-state index contributed by atoms with van der Waals surface area (Å²) in [5.74, 6) is 0.543. The Labute approximate surface area is 617 Å². The second kappa shape index (κ2) is 32.3. The Balaban J connectivity index is 0.000000129. The van der Waals surface area contributed by atoms with Crippen molar-refractivity contribution in [3.05, 3.63) is 224 Å². The first-order chi connectivity index (χ1) is 49.9. The number of pyridine rings is 9. The fourth-order valence-corrected chi connectivity index (χ4v) is 16.1. The number of aromatic nitrogens is 9. The number of nitrogens with zero attached hydrogens (tertiary/aromatic N) is 9. The van der Waals surface area contributed by atoms with Crippen LogP contribution in [0.3, 0.4) is 0 Å². The molecule has 16 rings (SSSR count). The molecule has 1 aliphatic heterocycles. The van der Waals surface area contributed by atoms with E-state index in [0.29, 0.717) is 34.9 Å². The molecule has 532 valence electrons. The van der Waals surface area contributed by atoms with Gasteiger partial charge in [0.25, 0.3) is 16.7 Å². The fraction of sp³-hybridized carbons (Fsp3) is 0.370. The average molecular weight is 1460 g/mol. The Morgan fingerprint density at radius 2 is 0.777 bits per heavy atom. The van der Waals surface area contributed by atoms with Crippen molar-refractivity contribution in [2.75, 3.05) is 18.8 Å². The second-order valence-corrected chi connectivity index (χ2v) is 30.9. The lowest BCUT2D eigenvalue weighted by atomic mass is 9.75. The number of aliphatic hydroxyl groups excluding tert-OH is 3. The highest BCUT2D eigenvalue weighted by molar-refractivity contribution is 7.99. The van der Waals surface area contributed by atoms with E-state index in [1.807, 2.05) is 162 Å². The molecule has 22 heteroatoms. The van der Waals surface area contributed by atoms with Crippen molar-refractivity contribution >= 4 is 124 Å². The number of hydrogen-bond donors (Lipinski definition) is 3. The number of hydrogen-bond acceptors (Lipinski definition) is 17. The summed E-state index contributed by atoms with van der Waals surface area (Å²) >= 11 is 10.4. The Hall–Kier alpha value is -7.83. The normalized spacial score (nSPS) is 20.1. The molecule has 3 N–H and O–H groups in total. The van der Waals surface area contributed by atoms with Crippen molar-refractivity contribution in [1.82, 2.24) is 43.6 Å². The smallest absolute Gasteiger partial charge is 0.399 e. The molecule has 1 saturated heterocycles. The molecule has 3 aliphatic carbocycles. The maximum atomic E-state index is 13.6. The zero-order valence-corrected chi connectivity index (χ0v) is 62.5. The van der Waals surface area contributed by atoms with E-state index in [1.165, 1.54) is 0 Å². The molecule has 0 amide bonds. The molecule has 12 aromatic rings. The molecule has 0 radical (unpaired) electrons. The van der Waals surface area contributed by atoms with Gasteiger partial charge in [0.2, 0.25) is 0 Å². The SMILES string of the molecule is CC1(C)OB(c2cc3c(=O)n([C@H]4CCCC[C@@H]4O)ccc3c3ncccc23)OC1(C)C.CSc1ccc(CCl)cn1.CSc1ccc(Cc2cc3c(=O)n([C@H]4CCCC[C@@H]4O)ccc3c3ncccc23)cn1.CSc1ccc(Cc2cc3c(=O)n([C@H]4CCCC[C@@H]4O)ccc3c3ncccc23)cn1. The predicted octanol–water partition coefficient (Wildman–Crippen LogP) is 15.3. The molecule has 6 atom stereocenters. The molecule has 0 bridgehead atoms. The quantitative estimate of drug-likeness (QED) is 0.0448. The number of rotatable bonds is 12. The molecular weight excluding hydrogens is 1370 g/mol. The highest BCUT2D eigenvalue weighted by atomic mass is 35.5. The second-order valence-electron chi connectivity index (χ2n) is 28.2. The highest BCUT2D eigenvalue weighted by Gasteiger charge is 2.52. The third-order valence-corrected chi connectivity index (χ3v) is 23.5. The van der Waals surface area contributed by atoms with Crippen LogP contribution in [0.4, 0.5) is 0 Å². The molecule has 0 unspecified atom stereocenters. The molecule has 3 aromatic carbocycles. The van der Waals surface area contributed by atoms with Crippen LogP contribution in [0, 0.1) is 0 Å². The molecule has 10 heterocycles. The minimum Gasteiger partial charge on any atom is -0.399 e. The zero-order chi connectivity index (χ0) is 72.1. The van der Waals surface area contributed by atoms with Crippen LogP contribution >= 0.6 is 46.9 Å². The van der Waals surface area contributed by atoms with Crippen LogP contribution in [0.2, 0.25) is 0 Å². The van der Waals surface area contributed by atoms with Gasteiger partial charge in [0.15, 0.2) is 0 Å². The number of alkyl halides is 1. The van der Waals surface area contributed by atoms with Gasteiger partial charge in [0.05, 0.1) is 79.3 Å². The summed E-state index contributed by atoms with van der Waals surface area (Å²) in [5, 5.41) is 42.0. The van der Waals surface area contributed by atoms with E-state index >= 15 is 0 Å². The van der Waals surface area contributed by atoms with Crippen molar-refractivity contribution in [3.8, 4) is 0 Å². The standard InChI is InChI=1S/2C25H25N3O2S.C24H29BN2O4.C7H8ClNS/c2*1-31-23-9-8-16(15-27-23)13-17-14-20-19(24-18(17)5-4-11-26-24)10-12-28(25(20)30)21-6-2-3-7-22(21)29;1-23(2)24(3,4)31-25(30-23)18-14-17-15(21-16(18)8-7-12-26-21)11-13-27(22(17)29)19-9-5-6-10-20(19)28;1-10-7-3-2-6(4-8)5-9-7/h2*4-5,8-12,14-15,21-22,29H,2-3,6-7,13H2,1H3;7-8,11-14,19-20,28H,5-6,9-10H2,1-4H3;2-3,5H,4H2,1H3/t2*21-,22-;19-,20-;/m000./s1. The summed E-state index contributed by atoms with van der Waals surface area (Å²) in [4.78, 5) is 67.6. The Kier molecular flexibility index (Phi) is 23.0. The van der Waals surface area contributed by atoms with Crippen molar-refractivity contribution in [2.24, 2.45) is 0 Å². The van der Waals surface area contributed by atoms with E-state index in [9.17, 15) is 29.7 Å². The summed E-state index contributed by atoms with van der Waals surface area (Å²) in [6.45, 7) is 8.08. The van der Waals surface area contributed by atoms with Gasteiger partial charge in [-0.25, -0.2) is 15.0 Å². The summed E-state index contributed by atoms with van der Waals surface area (Å²) < 4.78 is 17.8. The fourth-order valence-electron chi connectivity index (χ4n) is 14.9.